The first-order chi connectivity index (χ1) is 5.24. The number of nitrogens with zero attached hydrogens (tertiary/aromatic N) is 2. The summed E-state index contributed by atoms with van der Waals surface area (Å²) in [5.74, 6) is 0. The zero-order chi connectivity index (χ0) is 8.27. The molecule has 0 aliphatic heterocycles. The van der Waals surface area contributed by atoms with Crippen molar-refractivity contribution in [3.63, 3.8) is 0 Å². The average Bonchev–Trinajstić information content (AvgIpc) is 1.95. The van der Waals surface area contributed by atoms with Crippen LogP contribution in [0.25, 0.3) is 0 Å². The molecule has 1 heterocycles. The summed E-state index contributed by atoms with van der Waals surface area (Å²) in [6.07, 6.45) is 0. The lowest BCUT2D eigenvalue weighted by Crippen LogP contribution is -1.75. The molecule has 56 valence electrons. The number of thiocarbonyl (C=S) groups is 1. The Labute approximate surface area is 78.9 Å². The van der Waals surface area contributed by atoms with E-state index >= 15 is 0 Å². The van der Waals surface area contributed by atoms with Crippen LogP contribution in [0.5, 0.6) is 0 Å². The summed E-state index contributed by atoms with van der Waals surface area (Å²) in [4.78, 5) is 7.40. The lowest BCUT2D eigenvalue weighted by Gasteiger charge is -1.93. The third-order valence-corrected chi connectivity index (χ3v) is 1.54. The molecule has 0 amide bonds. The molecule has 11 heavy (non-hydrogen) atoms. The Morgan fingerprint density at radius 2 is 2.18 bits per heavy atom. The molecule has 0 saturated heterocycles. The third kappa shape index (κ3) is 2.24. The molecular weight excluding hydrogens is 203 g/mol. The van der Waals surface area contributed by atoms with Crippen LogP contribution in [0.3, 0.4) is 0 Å². The van der Waals surface area contributed by atoms with E-state index in [0.29, 0.717) is 10.8 Å². The van der Waals surface area contributed by atoms with Gasteiger partial charge in [0.15, 0.2) is 5.15 Å². The fraction of sp³-hybridized carbons (Fsp3) is 0. The second-order valence-corrected chi connectivity index (χ2v) is 2.57. The SMILES string of the molecule is S=C=Nc1ccc(Cl)nc1Cl. The number of pyridine rings is 1. The largest absolute Gasteiger partial charge is 0.222 e. The van der Waals surface area contributed by atoms with E-state index in [2.05, 4.69) is 27.4 Å². The van der Waals surface area contributed by atoms with Gasteiger partial charge in [0.2, 0.25) is 0 Å². The van der Waals surface area contributed by atoms with Crippen LogP contribution in [0.4, 0.5) is 5.69 Å². The molecule has 1 rings (SSSR count). The molecule has 0 aliphatic carbocycles. The summed E-state index contributed by atoms with van der Waals surface area (Å²) < 4.78 is 0. The van der Waals surface area contributed by atoms with Crippen molar-refractivity contribution in [3.05, 3.63) is 22.4 Å². The van der Waals surface area contributed by atoms with Crippen molar-refractivity contribution in [2.75, 3.05) is 0 Å². The van der Waals surface area contributed by atoms with Crippen LogP contribution in [-0.4, -0.2) is 10.1 Å². The Hall–Kier alpha value is -0.470. The van der Waals surface area contributed by atoms with Gasteiger partial charge in [-0.15, -0.1) is 0 Å². The number of hydrogen-bond acceptors (Lipinski definition) is 3. The fourth-order valence-electron chi connectivity index (χ4n) is 0.537. The number of hydrogen-bond donors (Lipinski definition) is 0. The van der Waals surface area contributed by atoms with Crippen molar-refractivity contribution < 1.29 is 0 Å². The van der Waals surface area contributed by atoms with Crippen molar-refractivity contribution in [3.8, 4) is 0 Å². The van der Waals surface area contributed by atoms with E-state index in [1.807, 2.05) is 0 Å². The van der Waals surface area contributed by atoms with E-state index in [4.69, 9.17) is 23.2 Å². The molecule has 1 aromatic rings. The summed E-state index contributed by atoms with van der Waals surface area (Å²) in [5, 5.41) is 2.75. The van der Waals surface area contributed by atoms with Crippen molar-refractivity contribution in [1.29, 1.82) is 0 Å². The maximum atomic E-state index is 5.63. The zero-order valence-electron chi connectivity index (χ0n) is 5.21. The van der Waals surface area contributed by atoms with E-state index in [9.17, 15) is 0 Å². The minimum Gasteiger partial charge on any atom is -0.222 e. The maximum Gasteiger partial charge on any atom is 0.157 e. The highest BCUT2D eigenvalue weighted by atomic mass is 35.5. The number of rotatable bonds is 1. The van der Waals surface area contributed by atoms with E-state index in [1.54, 1.807) is 12.1 Å². The second kappa shape index (κ2) is 3.79. The minimum atomic E-state index is 0.231. The van der Waals surface area contributed by atoms with Crippen molar-refractivity contribution in [2.24, 2.45) is 4.99 Å². The highest BCUT2D eigenvalue weighted by molar-refractivity contribution is 7.78. The van der Waals surface area contributed by atoms with Crippen LogP contribution in [-0.2, 0) is 0 Å². The number of aromatic nitrogens is 1. The monoisotopic (exact) mass is 204 g/mol. The van der Waals surface area contributed by atoms with E-state index in [-0.39, 0.29) is 5.15 Å². The van der Waals surface area contributed by atoms with Crippen molar-refractivity contribution >= 4 is 46.3 Å². The maximum absolute atomic E-state index is 5.63. The highest BCUT2D eigenvalue weighted by Crippen LogP contribution is 2.23. The first-order valence-corrected chi connectivity index (χ1v) is 3.80. The third-order valence-electron chi connectivity index (χ3n) is 0.961. The van der Waals surface area contributed by atoms with Gasteiger partial charge in [-0.3, -0.25) is 0 Å². The molecule has 0 radical (unpaired) electrons. The summed E-state index contributed by atoms with van der Waals surface area (Å²) in [6.45, 7) is 0. The number of isothiocyanates is 1. The second-order valence-electron chi connectivity index (χ2n) is 1.65. The molecular formula is C6H2Cl2N2S. The lowest BCUT2D eigenvalue weighted by molar-refractivity contribution is 1.31. The van der Waals surface area contributed by atoms with Gasteiger partial charge in [0, 0.05) is 0 Å². The summed E-state index contributed by atoms with van der Waals surface area (Å²) in [6, 6.07) is 3.20. The Bertz CT molecular complexity index is 320. The molecule has 2 nitrogen and oxygen atoms in total. The van der Waals surface area contributed by atoms with Gasteiger partial charge < -0.3 is 0 Å². The van der Waals surface area contributed by atoms with Gasteiger partial charge in [-0.1, -0.05) is 23.2 Å². The van der Waals surface area contributed by atoms with Gasteiger partial charge in [0.05, 0.1) is 5.16 Å². The van der Waals surface area contributed by atoms with Crippen LogP contribution in [0.2, 0.25) is 10.3 Å². The van der Waals surface area contributed by atoms with E-state index in [0.717, 1.165) is 0 Å². The van der Waals surface area contributed by atoms with Gasteiger partial charge in [-0.05, 0) is 24.4 Å². The van der Waals surface area contributed by atoms with Gasteiger partial charge in [0.1, 0.15) is 10.8 Å². The first-order valence-electron chi connectivity index (χ1n) is 2.64. The van der Waals surface area contributed by atoms with Gasteiger partial charge >= 0.3 is 0 Å². The highest BCUT2D eigenvalue weighted by Gasteiger charge is 1.98. The van der Waals surface area contributed by atoms with Gasteiger partial charge in [0.25, 0.3) is 0 Å². The normalized spacial score (nSPS) is 8.91. The first kappa shape index (κ1) is 8.62. The number of halogens is 2. The van der Waals surface area contributed by atoms with Crippen LogP contribution >= 0.6 is 35.4 Å². The Morgan fingerprint density at radius 3 is 2.73 bits per heavy atom. The molecule has 5 heteroatoms. The Kier molecular flexibility index (Phi) is 2.97. The van der Waals surface area contributed by atoms with E-state index in [1.165, 1.54) is 0 Å². The lowest BCUT2D eigenvalue weighted by atomic mass is 10.4. The molecule has 0 unspecified atom stereocenters. The topological polar surface area (TPSA) is 25.2 Å². The molecule has 0 aliphatic rings. The van der Waals surface area contributed by atoms with Gasteiger partial charge in [-0.2, -0.15) is 4.99 Å². The Balaban J connectivity index is 3.19. The molecule has 0 bridgehead atoms. The number of aliphatic imine (C=N–C) groups is 1. The molecule has 0 atom stereocenters. The average molecular weight is 205 g/mol. The summed E-state index contributed by atoms with van der Waals surface area (Å²) in [5.41, 5.74) is 0.478. The predicted molar refractivity (Wildman–Crippen MR) is 48.9 cm³/mol. The fourth-order valence-corrected chi connectivity index (χ4v) is 1.02. The molecule has 0 saturated carbocycles. The molecule has 0 aromatic carbocycles. The minimum absolute atomic E-state index is 0.231. The van der Waals surface area contributed by atoms with Crippen LogP contribution < -0.4 is 0 Å². The molecule has 0 fully saturated rings. The standard InChI is InChI=1S/C6H2Cl2N2S/c7-5-2-1-4(9-3-11)6(8)10-5/h1-2H. The van der Waals surface area contributed by atoms with Crippen molar-refractivity contribution in [1.82, 2.24) is 4.98 Å². The summed E-state index contributed by atoms with van der Waals surface area (Å²) >= 11 is 15.6. The van der Waals surface area contributed by atoms with Crippen molar-refractivity contribution in [2.45, 2.75) is 0 Å². The quantitative estimate of drug-likeness (QED) is 0.399. The van der Waals surface area contributed by atoms with Crippen LogP contribution in [0.1, 0.15) is 0 Å². The van der Waals surface area contributed by atoms with Crippen LogP contribution in [0.15, 0.2) is 17.1 Å². The predicted octanol–water partition coefficient (Wildman–Crippen LogP) is 3.12. The van der Waals surface area contributed by atoms with Crippen LogP contribution in [0, 0.1) is 0 Å². The van der Waals surface area contributed by atoms with E-state index < -0.39 is 0 Å². The molecule has 1 aromatic heterocycles. The smallest absolute Gasteiger partial charge is 0.157 e. The Morgan fingerprint density at radius 1 is 1.45 bits per heavy atom. The summed E-state index contributed by atoms with van der Waals surface area (Å²) in [7, 11) is 0. The zero-order valence-corrected chi connectivity index (χ0v) is 7.54. The van der Waals surface area contributed by atoms with Gasteiger partial charge in [-0.25, -0.2) is 4.98 Å². The molecule has 0 N–H and O–H groups in total. The molecule has 0 spiro atoms.